The van der Waals surface area contributed by atoms with Gasteiger partial charge in [0, 0.05) is 25.3 Å². The van der Waals surface area contributed by atoms with Crippen LogP contribution in [0.15, 0.2) is 42.5 Å². The molecule has 0 bridgehead atoms. The Morgan fingerprint density at radius 1 is 1.16 bits per heavy atom. The highest BCUT2D eigenvalue weighted by Crippen LogP contribution is 2.22. The van der Waals surface area contributed by atoms with Gasteiger partial charge in [-0.3, -0.25) is 4.79 Å². The topological polar surface area (TPSA) is 85.2 Å². The maximum atomic E-state index is 12.8. The summed E-state index contributed by atoms with van der Waals surface area (Å²) in [4.78, 5) is 14.9. The normalized spacial score (nSPS) is 16.2. The summed E-state index contributed by atoms with van der Waals surface area (Å²) in [5.74, 6) is 2.27. The monoisotopic (exact) mass is 420 g/mol. The second-order valence-corrected chi connectivity index (χ2v) is 7.94. The third-order valence-electron chi connectivity index (χ3n) is 5.58. The highest BCUT2D eigenvalue weighted by Gasteiger charge is 2.26. The number of amides is 1. The van der Waals surface area contributed by atoms with Gasteiger partial charge in [0.2, 0.25) is 5.91 Å². The van der Waals surface area contributed by atoms with Crippen LogP contribution in [-0.2, 0) is 11.3 Å². The first kappa shape index (κ1) is 20.8. The van der Waals surface area contributed by atoms with Gasteiger partial charge in [0.1, 0.15) is 5.75 Å². The van der Waals surface area contributed by atoms with Gasteiger partial charge < -0.3 is 15.0 Å². The fourth-order valence-corrected chi connectivity index (χ4v) is 3.98. The molecule has 1 atom stereocenters. The van der Waals surface area contributed by atoms with E-state index in [2.05, 4.69) is 25.5 Å². The fraction of sp³-hybridized carbons (Fsp3) is 0.391. The summed E-state index contributed by atoms with van der Waals surface area (Å²) in [7, 11) is 1.64. The molecule has 2 aromatic heterocycles. The third kappa shape index (κ3) is 4.84. The number of carbonyl (C=O) groups is 1. The average Bonchev–Trinajstić information content (AvgIpc) is 3.15. The Labute approximate surface area is 182 Å². The molecule has 0 saturated carbocycles. The van der Waals surface area contributed by atoms with E-state index in [9.17, 15) is 4.79 Å². The summed E-state index contributed by atoms with van der Waals surface area (Å²) < 4.78 is 7.04. The van der Waals surface area contributed by atoms with Crippen LogP contribution in [0.2, 0.25) is 0 Å². The van der Waals surface area contributed by atoms with Gasteiger partial charge in [0.25, 0.3) is 0 Å². The maximum Gasteiger partial charge on any atom is 0.225 e. The van der Waals surface area contributed by atoms with Crippen molar-refractivity contribution in [2.45, 2.75) is 33.2 Å². The largest absolute Gasteiger partial charge is 0.497 e. The molecule has 0 aliphatic carbocycles. The van der Waals surface area contributed by atoms with Gasteiger partial charge in [0.05, 0.1) is 18.7 Å². The SMILES string of the molecule is COc1cccc(CNC(=O)C2CCCN(c3ccc(-n4nc(C)cc4C)nn3)C2)c1. The molecule has 1 saturated heterocycles. The predicted octanol–water partition coefficient (Wildman–Crippen LogP) is 2.82. The zero-order valence-corrected chi connectivity index (χ0v) is 18.2. The smallest absolute Gasteiger partial charge is 0.225 e. The Balaban J connectivity index is 1.37. The van der Waals surface area contributed by atoms with Crippen LogP contribution in [-0.4, -0.2) is 46.1 Å². The summed E-state index contributed by atoms with van der Waals surface area (Å²) in [6.45, 7) is 5.95. The molecule has 0 radical (unpaired) electrons. The van der Waals surface area contributed by atoms with Crippen molar-refractivity contribution in [1.29, 1.82) is 0 Å². The van der Waals surface area contributed by atoms with Gasteiger partial charge in [-0.1, -0.05) is 12.1 Å². The summed E-state index contributed by atoms with van der Waals surface area (Å²) in [6.07, 6.45) is 1.82. The van der Waals surface area contributed by atoms with Crippen molar-refractivity contribution in [2.75, 3.05) is 25.1 Å². The highest BCUT2D eigenvalue weighted by atomic mass is 16.5. The summed E-state index contributed by atoms with van der Waals surface area (Å²) in [6, 6.07) is 13.6. The van der Waals surface area contributed by atoms with Crippen LogP contribution in [0.5, 0.6) is 5.75 Å². The van der Waals surface area contributed by atoms with E-state index in [0.29, 0.717) is 18.9 Å². The lowest BCUT2D eigenvalue weighted by Crippen LogP contribution is -2.43. The zero-order valence-electron chi connectivity index (χ0n) is 18.2. The molecule has 1 aromatic carbocycles. The first-order valence-corrected chi connectivity index (χ1v) is 10.6. The van der Waals surface area contributed by atoms with Crippen LogP contribution >= 0.6 is 0 Å². The molecule has 1 aliphatic rings. The van der Waals surface area contributed by atoms with Crippen LogP contribution in [0, 0.1) is 19.8 Å². The van der Waals surface area contributed by atoms with Crippen molar-refractivity contribution >= 4 is 11.7 Å². The Hall–Kier alpha value is -3.42. The zero-order chi connectivity index (χ0) is 21.8. The molecule has 3 heterocycles. The van der Waals surface area contributed by atoms with Crippen molar-refractivity contribution in [3.63, 3.8) is 0 Å². The Morgan fingerprint density at radius 2 is 1.97 bits per heavy atom. The maximum absolute atomic E-state index is 12.8. The second kappa shape index (κ2) is 9.16. The molecule has 1 fully saturated rings. The van der Waals surface area contributed by atoms with E-state index in [1.807, 2.05) is 56.3 Å². The van der Waals surface area contributed by atoms with E-state index in [4.69, 9.17) is 4.74 Å². The Kier molecular flexibility index (Phi) is 6.16. The first-order chi connectivity index (χ1) is 15.0. The molecule has 1 amide bonds. The number of hydrogen-bond donors (Lipinski definition) is 1. The Bertz CT molecular complexity index is 1050. The van der Waals surface area contributed by atoms with Gasteiger partial charge in [0.15, 0.2) is 11.6 Å². The van der Waals surface area contributed by atoms with Crippen molar-refractivity contribution in [2.24, 2.45) is 5.92 Å². The standard InChI is InChI=1S/C23H28N6O2/c1-16-12-17(2)29(27-16)22-10-9-21(25-26-22)28-11-5-7-19(15-28)23(30)24-14-18-6-4-8-20(13-18)31-3/h4,6,8-10,12-13,19H,5,7,11,14-15H2,1-3H3,(H,24,30). The van der Waals surface area contributed by atoms with Crippen LogP contribution in [0.4, 0.5) is 5.82 Å². The van der Waals surface area contributed by atoms with Gasteiger partial charge in [-0.25, -0.2) is 4.68 Å². The number of methoxy groups -OCH3 is 1. The quantitative estimate of drug-likeness (QED) is 0.660. The number of aryl methyl sites for hydroxylation is 2. The molecule has 8 heteroatoms. The van der Waals surface area contributed by atoms with Crippen LogP contribution in [0.25, 0.3) is 5.82 Å². The summed E-state index contributed by atoms with van der Waals surface area (Å²) in [5.41, 5.74) is 2.98. The number of rotatable bonds is 6. The van der Waals surface area contributed by atoms with E-state index >= 15 is 0 Å². The molecule has 8 nitrogen and oxygen atoms in total. The van der Waals surface area contributed by atoms with E-state index in [-0.39, 0.29) is 11.8 Å². The minimum Gasteiger partial charge on any atom is -0.497 e. The molecule has 162 valence electrons. The summed E-state index contributed by atoms with van der Waals surface area (Å²) >= 11 is 0. The fourth-order valence-electron chi connectivity index (χ4n) is 3.98. The molecule has 1 unspecified atom stereocenters. The number of nitrogens with one attached hydrogen (secondary N) is 1. The number of benzene rings is 1. The van der Waals surface area contributed by atoms with E-state index < -0.39 is 0 Å². The number of ether oxygens (including phenoxy) is 1. The van der Waals surface area contributed by atoms with Crippen molar-refractivity contribution in [1.82, 2.24) is 25.3 Å². The number of anilines is 1. The lowest BCUT2D eigenvalue weighted by Gasteiger charge is -2.32. The second-order valence-electron chi connectivity index (χ2n) is 7.94. The van der Waals surface area contributed by atoms with E-state index in [1.54, 1.807) is 11.8 Å². The van der Waals surface area contributed by atoms with Gasteiger partial charge in [-0.2, -0.15) is 5.10 Å². The van der Waals surface area contributed by atoms with Crippen LogP contribution in [0.3, 0.4) is 0 Å². The first-order valence-electron chi connectivity index (χ1n) is 10.6. The molecule has 1 aliphatic heterocycles. The van der Waals surface area contributed by atoms with Gasteiger partial charge in [-0.05, 0) is 62.6 Å². The van der Waals surface area contributed by atoms with E-state index in [0.717, 1.165) is 47.9 Å². The third-order valence-corrected chi connectivity index (χ3v) is 5.58. The number of piperidine rings is 1. The molecule has 0 spiro atoms. The molecular weight excluding hydrogens is 392 g/mol. The highest BCUT2D eigenvalue weighted by molar-refractivity contribution is 5.79. The summed E-state index contributed by atoms with van der Waals surface area (Å²) in [5, 5.41) is 16.3. The van der Waals surface area contributed by atoms with Crippen molar-refractivity contribution in [3.8, 4) is 11.6 Å². The average molecular weight is 421 g/mol. The Morgan fingerprint density at radius 3 is 2.68 bits per heavy atom. The lowest BCUT2D eigenvalue weighted by molar-refractivity contribution is -0.125. The predicted molar refractivity (Wildman–Crippen MR) is 118 cm³/mol. The molecular formula is C23H28N6O2. The number of carbonyl (C=O) groups excluding carboxylic acids is 1. The minimum absolute atomic E-state index is 0.0692. The van der Waals surface area contributed by atoms with Gasteiger partial charge in [-0.15, -0.1) is 10.2 Å². The van der Waals surface area contributed by atoms with Crippen LogP contribution < -0.4 is 15.0 Å². The number of nitrogens with zero attached hydrogens (tertiary/aromatic N) is 5. The van der Waals surface area contributed by atoms with E-state index in [1.165, 1.54) is 0 Å². The van der Waals surface area contributed by atoms with Gasteiger partial charge >= 0.3 is 0 Å². The minimum atomic E-state index is -0.0724. The number of aromatic nitrogens is 4. The molecule has 1 N–H and O–H groups in total. The molecule has 31 heavy (non-hydrogen) atoms. The van der Waals surface area contributed by atoms with Crippen LogP contribution in [0.1, 0.15) is 29.8 Å². The van der Waals surface area contributed by atoms with Crippen molar-refractivity contribution in [3.05, 3.63) is 59.4 Å². The molecule has 3 aromatic rings. The van der Waals surface area contributed by atoms with Crippen molar-refractivity contribution < 1.29 is 9.53 Å². The lowest BCUT2D eigenvalue weighted by atomic mass is 9.97. The number of hydrogen-bond acceptors (Lipinski definition) is 6. The molecule has 4 rings (SSSR count).